The minimum Gasteiger partial charge on any atom is -0.313 e. The molecule has 0 aliphatic heterocycles. The molecule has 0 heterocycles. The molecule has 0 bridgehead atoms. The van der Waals surface area contributed by atoms with Crippen LogP contribution in [0.4, 0.5) is 0 Å². The summed E-state index contributed by atoms with van der Waals surface area (Å²) in [6.07, 6.45) is 1.84. The Morgan fingerprint density at radius 2 is 2.38 bits per heavy atom. The van der Waals surface area contributed by atoms with E-state index in [4.69, 9.17) is 10.7 Å². The van der Waals surface area contributed by atoms with Crippen LogP contribution >= 0.6 is 12.4 Å². The summed E-state index contributed by atoms with van der Waals surface area (Å²) in [6, 6.07) is 2.01. The quantitative estimate of drug-likeness (QED) is 0.570. The van der Waals surface area contributed by atoms with Gasteiger partial charge in [0.05, 0.1) is 6.07 Å². The van der Waals surface area contributed by atoms with Gasteiger partial charge in [-0.25, -0.2) is 0 Å². The monoisotopic (exact) mass is 132 g/mol. The Kier molecular flexibility index (Phi) is 8.41. The van der Waals surface area contributed by atoms with Crippen molar-refractivity contribution >= 4 is 18.6 Å². The van der Waals surface area contributed by atoms with E-state index in [1.807, 2.05) is 6.07 Å². The van der Waals surface area contributed by atoms with E-state index in [2.05, 4.69) is 0 Å². The minimum absolute atomic E-state index is 0. The van der Waals surface area contributed by atoms with Gasteiger partial charge in [0.2, 0.25) is 0 Å². The number of nitrogens with one attached hydrogen (secondary N) is 1. The zero-order chi connectivity index (χ0) is 5.70. The van der Waals surface area contributed by atoms with Gasteiger partial charge in [0.25, 0.3) is 0 Å². The van der Waals surface area contributed by atoms with Crippen molar-refractivity contribution in [1.29, 1.82) is 10.7 Å². The van der Waals surface area contributed by atoms with E-state index in [0.29, 0.717) is 6.42 Å². The summed E-state index contributed by atoms with van der Waals surface area (Å²) >= 11 is 0. The number of rotatable bonds is 2. The molecule has 0 radical (unpaired) electrons. The van der Waals surface area contributed by atoms with Crippen LogP contribution in [0.5, 0.6) is 0 Å². The maximum Gasteiger partial charge on any atom is 0.0656 e. The van der Waals surface area contributed by atoms with E-state index < -0.39 is 0 Å². The largest absolute Gasteiger partial charge is 0.313 e. The molecule has 0 aromatic heterocycles. The lowest BCUT2D eigenvalue weighted by molar-refractivity contribution is 0.792. The van der Waals surface area contributed by atoms with Gasteiger partial charge in [-0.1, -0.05) is 0 Å². The molecule has 0 saturated carbocycles. The highest BCUT2D eigenvalue weighted by atomic mass is 35.5. The molecular formula is C5H9ClN2. The topological polar surface area (TPSA) is 47.6 Å². The molecule has 0 saturated heterocycles. The smallest absolute Gasteiger partial charge is 0.0656 e. The summed E-state index contributed by atoms with van der Waals surface area (Å²) in [5.74, 6) is 0.0116. The third kappa shape index (κ3) is 5.45. The second kappa shape index (κ2) is 6.45. The number of hydrogen-bond donors (Lipinski definition) is 1. The third-order valence-corrected chi connectivity index (χ3v) is 0.692. The highest BCUT2D eigenvalue weighted by Crippen LogP contribution is 1.93. The van der Waals surface area contributed by atoms with Crippen molar-refractivity contribution < 1.29 is 0 Å². The molecule has 1 atom stereocenters. The first-order valence-corrected chi connectivity index (χ1v) is 2.19. The molecule has 0 aromatic rings. The first-order valence-electron chi connectivity index (χ1n) is 2.19. The van der Waals surface area contributed by atoms with Crippen molar-refractivity contribution in [2.45, 2.75) is 13.3 Å². The summed E-state index contributed by atoms with van der Waals surface area (Å²) in [6.45, 7) is 1.80. The molecule has 46 valence electrons. The predicted molar refractivity (Wildman–Crippen MR) is 35.4 cm³/mol. The van der Waals surface area contributed by atoms with E-state index in [0.717, 1.165) is 0 Å². The van der Waals surface area contributed by atoms with Gasteiger partial charge in [-0.15, -0.1) is 12.4 Å². The van der Waals surface area contributed by atoms with Gasteiger partial charge in [-0.2, -0.15) is 5.26 Å². The van der Waals surface area contributed by atoms with Crippen molar-refractivity contribution in [3.05, 3.63) is 0 Å². The number of nitriles is 1. The molecule has 2 nitrogen and oxygen atoms in total. The summed E-state index contributed by atoms with van der Waals surface area (Å²) in [4.78, 5) is 0. The number of halogens is 1. The molecule has 0 fully saturated rings. The molecular weight excluding hydrogens is 124 g/mol. The lowest BCUT2D eigenvalue weighted by atomic mass is 10.1. The Hall–Kier alpha value is -0.550. The van der Waals surface area contributed by atoms with Crippen molar-refractivity contribution in [2.75, 3.05) is 0 Å². The maximum atomic E-state index is 8.11. The summed E-state index contributed by atoms with van der Waals surface area (Å²) in [5.41, 5.74) is 0. The van der Waals surface area contributed by atoms with Crippen molar-refractivity contribution in [3.8, 4) is 6.07 Å². The molecule has 0 amide bonds. The zero-order valence-corrected chi connectivity index (χ0v) is 5.53. The van der Waals surface area contributed by atoms with Crippen molar-refractivity contribution in [3.63, 3.8) is 0 Å². The van der Waals surface area contributed by atoms with Gasteiger partial charge in [-0.05, 0) is 19.6 Å². The molecule has 0 aliphatic carbocycles. The van der Waals surface area contributed by atoms with Crippen molar-refractivity contribution in [1.82, 2.24) is 0 Å². The van der Waals surface area contributed by atoms with Crippen LogP contribution in [-0.2, 0) is 0 Å². The van der Waals surface area contributed by atoms with Gasteiger partial charge < -0.3 is 5.41 Å². The fourth-order valence-corrected chi connectivity index (χ4v) is 0.229. The van der Waals surface area contributed by atoms with Gasteiger partial charge in [0.15, 0.2) is 0 Å². The summed E-state index contributed by atoms with van der Waals surface area (Å²) in [7, 11) is 0. The highest BCUT2D eigenvalue weighted by molar-refractivity contribution is 5.85. The number of nitrogens with zero attached hydrogens (tertiary/aromatic N) is 1. The summed E-state index contributed by atoms with van der Waals surface area (Å²) in [5, 5.41) is 14.7. The van der Waals surface area contributed by atoms with Gasteiger partial charge in [0.1, 0.15) is 0 Å². The Balaban J connectivity index is 0. The average molecular weight is 133 g/mol. The van der Waals surface area contributed by atoms with Crippen LogP contribution in [0, 0.1) is 22.7 Å². The molecule has 3 heteroatoms. The van der Waals surface area contributed by atoms with Crippen LogP contribution < -0.4 is 0 Å². The van der Waals surface area contributed by atoms with Crippen LogP contribution in [0.2, 0.25) is 0 Å². The van der Waals surface area contributed by atoms with Gasteiger partial charge in [0, 0.05) is 5.92 Å². The standard InChI is InChI=1S/C5H8N2.ClH/c1-5(4-7)2-3-6;/h3,5-6H,2H2,1H3;1H/t5-;/m0./s1. The predicted octanol–water partition coefficient (Wildman–Crippen LogP) is 1.61. The Morgan fingerprint density at radius 1 is 1.88 bits per heavy atom. The Morgan fingerprint density at radius 3 is 2.50 bits per heavy atom. The van der Waals surface area contributed by atoms with Crippen LogP contribution in [0.1, 0.15) is 13.3 Å². The molecule has 0 aromatic carbocycles. The van der Waals surface area contributed by atoms with Crippen LogP contribution in [0.25, 0.3) is 0 Å². The van der Waals surface area contributed by atoms with E-state index in [1.165, 1.54) is 6.21 Å². The lowest BCUT2D eigenvalue weighted by Crippen LogP contribution is -1.87. The molecule has 0 unspecified atom stereocenters. The molecule has 8 heavy (non-hydrogen) atoms. The van der Waals surface area contributed by atoms with Crippen LogP contribution in [-0.4, -0.2) is 6.21 Å². The first-order chi connectivity index (χ1) is 3.31. The van der Waals surface area contributed by atoms with E-state index >= 15 is 0 Å². The minimum atomic E-state index is 0. The fraction of sp³-hybridized carbons (Fsp3) is 0.600. The van der Waals surface area contributed by atoms with E-state index in [-0.39, 0.29) is 18.3 Å². The van der Waals surface area contributed by atoms with Gasteiger partial charge in [-0.3, -0.25) is 0 Å². The van der Waals surface area contributed by atoms with Crippen LogP contribution in [0.15, 0.2) is 0 Å². The zero-order valence-electron chi connectivity index (χ0n) is 4.72. The lowest BCUT2D eigenvalue weighted by Gasteiger charge is -1.88. The van der Waals surface area contributed by atoms with E-state index in [9.17, 15) is 0 Å². The molecule has 0 rings (SSSR count). The Bertz CT molecular complexity index is 95.1. The van der Waals surface area contributed by atoms with Crippen molar-refractivity contribution in [2.24, 2.45) is 5.92 Å². The molecule has 1 N–H and O–H groups in total. The second-order valence-corrected chi connectivity index (χ2v) is 1.47. The second-order valence-electron chi connectivity index (χ2n) is 1.47. The average Bonchev–Trinajstić information content (AvgIpc) is 1.68. The highest BCUT2D eigenvalue weighted by Gasteiger charge is 1.91. The normalized spacial score (nSPS) is 10.5. The first kappa shape index (κ1) is 10.4. The number of hydrogen-bond acceptors (Lipinski definition) is 2. The third-order valence-electron chi connectivity index (χ3n) is 0.692. The Labute approximate surface area is 55.4 Å². The van der Waals surface area contributed by atoms with Crippen LogP contribution in [0.3, 0.4) is 0 Å². The van der Waals surface area contributed by atoms with E-state index in [1.54, 1.807) is 6.92 Å². The molecule has 0 spiro atoms. The fourth-order valence-electron chi connectivity index (χ4n) is 0.229. The molecule has 0 aliphatic rings. The van der Waals surface area contributed by atoms with Gasteiger partial charge >= 0.3 is 0 Å². The summed E-state index contributed by atoms with van der Waals surface area (Å²) < 4.78 is 0. The SMILES string of the molecule is C[C@H](C#N)CC=N.Cl. The maximum absolute atomic E-state index is 8.11.